The summed E-state index contributed by atoms with van der Waals surface area (Å²) in [7, 11) is 1.99. The highest BCUT2D eigenvalue weighted by Gasteiger charge is 2.20. The molecule has 1 aromatic heterocycles. The summed E-state index contributed by atoms with van der Waals surface area (Å²) < 4.78 is 1.99. The van der Waals surface area contributed by atoms with Crippen LogP contribution in [0.15, 0.2) is 35.3 Å². The quantitative estimate of drug-likeness (QED) is 0.304. The number of halogens is 1. The Morgan fingerprint density at radius 3 is 2.52 bits per heavy atom. The van der Waals surface area contributed by atoms with E-state index in [0.717, 1.165) is 43.5 Å². The van der Waals surface area contributed by atoms with Crippen LogP contribution in [0.4, 0.5) is 0 Å². The predicted molar refractivity (Wildman–Crippen MR) is 138 cm³/mol. The molecule has 2 aromatic rings. The topological polar surface area (TPSA) is 70.4 Å². The molecule has 0 amide bonds. The van der Waals surface area contributed by atoms with Crippen LogP contribution in [0.3, 0.4) is 0 Å². The fourth-order valence-corrected chi connectivity index (χ4v) is 3.78. The lowest BCUT2D eigenvalue weighted by Crippen LogP contribution is -2.49. The first-order chi connectivity index (χ1) is 14.6. The van der Waals surface area contributed by atoms with Gasteiger partial charge in [-0.15, -0.1) is 34.2 Å². The van der Waals surface area contributed by atoms with Crippen molar-refractivity contribution in [3.05, 3.63) is 47.5 Å². The molecule has 2 N–H and O–H groups in total. The first-order valence-corrected chi connectivity index (χ1v) is 11.3. The number of piperidine rings is 1. The second-order valence-corrected chi connectivity index (χ2v) is 8.28. The summed E-state index contributed by atoms with van der Waals surface area (Å²) in [6.07, 6.45) is 4.84. The number of likely N-dealkylation sites (tertiary alicyclic amines) is 1. The number of benzene rings is 1. The molecule has 1 aliphatic rings. The van der Waals surface area contributed by atoms with E-state index in [0.29, 0.717) is 12.6 Å². The maximum absolute atomic E-state index is 4.85. The molecule has 1 unspecified atom stereocenters. The normalized spacial score (nSPS) is 16.6. The van der Waals surface area contributed by atoms with Crippen LogP contribution in [0.1, 0.15) is 62.8 Å². The average Bonchev–Trinajstić information content (AvgIpc) is 3.09. The van der Waals surface area contributed by atoms with Gasteiger partial charge in [0.15, 0.2) is 11.8 Å². The van der Waals surface area contributed by atoms with Crippen molar-refractivity contribution >= 4 is 29.9 Å². The summed E-state index contributed by atoms with van der Waals surface area (Å²) in [5.41, 5.74) is 1.25. The van der Waals surface area contributed by atoms with Gasteiger partial charge >= 0.3 is 0 Å². The van der Waals surface area contributed by atoms with E-state index in [1.54, 1.807) is 0 Å². The SMILES string of the molecule is CCCCN1CCC(NC(=NCc2nnc(C)n2C)NC(C)c2ccccc2)CC1.I. The third-order valence-electron chi connectivity index (χ3n) is 5.97. The Morgan fingerprint density at radius 1 is 1.19 bits per heavy atom. The van der Waals surface area contributed by atoms with Crippen molar-refractivity contribution in [1.29, 1.82) is 0 Å². The Balaban J connectivity index is 0.00000341. The summed E-state index contributed by atoms with van der Waals surface area (Å²) in [6.45, 7) is 10.4. The van der Waals surface area contributed by atoms with E-state index in [9.17, 15) is 0 Å². The Labute approximate surface area is 204 Å². The van der Waals surface area contributed by atoms with Gasteiger partial charge in [-0.2, -0.15) is 0 Å². The number of guanidine groups is 1. The van der Waals surface area contributed by atoms with Crippen molar-refractivity contribution in [2.75, 3.05) is 19.6 Å². The average molecular weight is 540 g/mol. The van der Waals surface area contributed by atoms with Crippen LogP contribution in [-0.4, -0.2) is 51.3 Å². The van der Waals surface area contributed by atoms with Crippen molar-refractivity contribution < 1.29 is 0 Å². The third kappa shape index (κ3) is 7.75. The van der Waals surface area contributed by atoms with Crippen molar-refractivity contribution in [2.24, 2.45) is 12.0 Å². The zero-order valence-electron chi connectivity index (χ0n) is 19.3. The van der Waals surface area contributed by atoms with Gasteiger partial charge in [0, 0.05) is 26.2 Å². The van der Waals surface area contributed by atoms with Gasteiger partial charge in [-0.3, -0.25) is 0 Å². The zero-order chi connectivity index (χ0) is 21.3. The third-order valence-corrected chi connectivity index (χ3v) is 5.97. The molecule has 8 heteroatoms. The van der Waals surface area contributed by atoms with Gasteiger partial charge in [0.05, 0.1) is 6.04 Å². The number of rotatable bonds is 8. The summed E-state index contributed by atoms with van der Waals surface area (Å²) in [5, 5.41) is 15.7. The van der Waals surface area contributed by atoms with E-state index in [1.807, 2.05) is 24.6 Å². The van der Waals surface area contributed by atoms with Gasteiger partial charge in [-0.1, -0.05) is 43.7 Å². The van der Waals surface area contributed by atoms with E-state index in [4.69, 9.17) is 4.99 Å². The Hall–Kier alpha value is -1.68. The van der Waals surface area contributed by atoms with Crippen molar-refractivity contribution in [1.82, 2.24) is 30.3 Å². The van der Waals surface area contributed by atoms with Crippen LogP contribution in [0.2, 0.25) is 0 Å². The minimum atomic E-state index is 0. The Bertz CT molecular complexity index is 798. The number of aryl methyl sites for hydroxylation is 1. The second-order valence-electron chi connectivity index (χ2n) is 8.28. The van der Waals surface area contributed by atoms with E-state index in [2.05, 4.69) is 63.8 Å². The largest absolute Gasteiger partial charge is 0.354 e. The Kier molecular flexibility index (Phi) is 10.7. The summed E-state index contributed by atoms with van der Waals surface area (Å²) in [4.78, 5) is 7.44. The maximum atomic E-state index is 4.85. The number of nitrogens with one attached hydrogen (secondary N) is 2. The number of hydrogen-bond acceptors (Lipinski definition) is 4. The number of aliphatic imine (C=N–C) groups is 1. The minimum Gasteiger partial charge on any atom is -0.354 e. The smallest absolute Gasteiger partial charge is 0.192 e. The molecule has 7 nitrogen and oxygen atoms in total. The number of aromatic nitrogens is 3. The Morgan fingerprint density at radius 2 is 1.90 bits per heavy atom. The van der Waals surface area contributed by atoms with E-state index in [1.165, 1.54) is 24.9 Å². The second kappa shape index (κ2) is 13.0. The molecular weight excluding hydrogens is 501 g/mol. The molecule has 31 heavy (non-hydrogen) atoms. The molecule has 172 valence electrons. The minimum absolute atomic E-state index is 0. The molecule has 2 heterocycles. The van der Waals surface area contributed by atoms with Crippen molar-refractivity contribution in [3.8, 4) is 0 Å². The van der Waals surface area contributed by atoms with Gasteiger partial charge in [0.25, 0.3) is 0 Å². The van der Waals surface area contributed by atoms with Gasteiger partial charge in [-0.05, 0) is 45.2 Å². The first-order valence-electron chi connectivity index (χ1n) is 11.3. The molecule has 0 radical (unpaired) electrons. The summed E-state index contributed by atoms with van der Waals surface area (Å²) in [5.74, 6) is 2.62. The van der Waals surface area contributed by atoms with Crippen LogP contribution < -0.4 is 10.6 Å². The summed E-state index contributed by atoms with van der Waals surface area (Å²) >= 11 is 0. The first kappa shape index (κ1) is 25.6. The molecule has 0 saturated carbocycles. The standard InChI is InChI=1S/C23H37N7.HI/c1-5-6-14-30-15-12-21(13-16-30)26-23(24-17-22-28-27-19(3)29(22)4)25-18(2)20-10-8-7-9-11-20;/h7-11,18,21H,5-6,12-17H2,1-4H3,(H2,24,25,26);1H. The van der Waals surface area contributed by atoms with Gasteiger partial charge in [-0.25, -0.2) is 4.99 Å². The molecule has 1 aromatic carbocycles. The van der Waals surface area contributed by atoms with Crippen LogP contribution in [0, 0.1) is 6.92 Å². The van der Waals surface area contributed by atoms with Crippen LogP contribution in [0.5, 0.6) is 0 Å². The van der Waals surface area contributed by atoms with Gasteiger partial charge in [0.2, 0.25) is 0 Å². The highest BCUT2D eigenvalue weighted by Crippen LogP contribution is 2.14. The molecule has 1 aliphatic heterocycles. The number of unbranched alkanes of at least 4 members (excludes halogenated alkanes) is 1. The van der Waals surface area contributed by atoms with Crippen LogP contribution >= 0.6 is 24.0 Å². The zero-order valence-corrected chi connectivity index (χ0v) is 21.7. The molecule has 1 atom stereocenters. The molecule has 1 saturated heterocycles. The van der Waals surface area contributed by atoms with Crippen molar-refractivity contribution in [3.63, 3.8) is 0 Å². The van der Waals surface area contributed by atoms with E-state index < -0.39 is 0 Å². The van der Waals surface area contributed by atoms with Gasteiger partial charge < -0.3 is 20.1 Å². The van der Waals surface area contributed by atoms with E-state index >= 15 is 0 Å². The fraction of sp³-hybridized carbons (Fsp3) is 0.609. The maximum Gasteiger partial charge on any atom is 0.192 e. The molecule has 0 bridgehead atoms. The lowest BCUT2D eigenvalue weighted by Gasteiger charge is -2.33. The molecule has 0 spiro atoms. The predicted octanol–water partition coefficient (Wildman–Crippen LogP) is 3.80. The highest BCUT2D eigenvalue weighted by molar-refractivity contribution is 14.0. The molecule has 0 aliphatic carbocycles. The fourth-order valence-electron chi connectivity index (χ4n) is 3.78. The van der Waals surface area contributed by atoms with Crippen LogP contribution in [-0.2, 0) is 13.6 Å². The highest BCUT2D eigenvalue weighted by atomic mass is 127. The van der Waals surface area contributed by atoms with Crippen LogP contribution in [0.25, 0.3) is 0 Å². The molecular formula is C23H38IN7. The monoisotopic (exact) mass is 539 g/mol. The van der Waals surface area contributed by atoms with Crippen molar-refractivity contribution in [2.45, 2.75) is 65.1 Å². The molecule has 1 fully saturated rings. The summed E-state index contributed by atoms with van der Waals surface area (Å²) in [6, 6.07) is 11.1. The number of nitrogens with zero attached hydrogens (tertiary/aromatic N) is 5. The van der Waals surface area contributed by atoms with E-state index in [-0.39, 0.29) is 30.0 Å². The lowest BCUT2D eigenvalue weighted by atomic mass is 10.0. The molecule has 3 rings (SSSR count). The number of hydrogen-bond donors (Lipinski definition) is 2. The lowest BCUT2D eigenvalue weighted by molar-refractivity contribution is 0.203. The van der Waals surface area contributed by atoms with Gasteiger partial charge in [0.1, 0.15) is 12.4 Å².